The molecule has 0 aromatic heterocycles. The summed E-state index contributed by atoms with van der Waals surface area (Å²) in [5.74, 6) is -0.735. The van der Waals surface area contributed by atoms with Crippen molar-refractivity contribution in [1.29, 1.82) is 0 Å². The summed E-state index contributed by atoms with van der Waals surface area (Å²) in [4.78, 5) is 10.3. The molecule has 1 rings (SSSR count). The van der Waals surface area contributed by atoms with E-state index in [0.29, 0.717) is 6.42 Å². The molecule has 0 aliphatic carbocycles. The van der Waals surface area contributed by atoms with Gasteiger partial charge in [0, 0.05) is 6.42 Å². The first-order valence-electron chi connectivity index (χ1n) is 9.17. The highest BCUT2D eigenvalue weighted by Crippen LogP contribution is 2.30. The summed E-state index contributed by atoms with van der Waals surface area (Å²) in [5, 5.41) is 18.5. The molecule has 0 radical (unpaired) electrons. The Labute approximate surface area is 145 Å². The van der Waals surface area contributed by atoms with Crippen molar-refractivity contribution in [3.63, 3.8) is 0 Å². The largest absolute Gasteiger partial charge is 0.481 e. The Morgan fingerprint density at radius 1 is 1.08 bits per heavy atom. The van der Waals surface area contributed by atoms with E-state index in [1.807, 2.05) is 18.2 Å². The van der Waals surface area contributed by atoms with E-state index in [2.05, 4.69) is 25.2 Å². The predicted octanol–water partition coefficient (Wildman–Crippen LogP) is 4.40. The summed E-state index contributed by atoms with van der Waals surface area (Å²) in [7, 11) is 0. The fourth-order valence-corrected chi connectivity index (χ4v) is 2.55. The molecule has 0 amide bonds. The van der Waals surface area contributed by atoms with E-state index in [1.165, 1.54) is 19.3 Å². The Morgan fingerprint density at radius 3 is 2.50 bits per heavy atom. The van der Waals surface area contributed by atoms with Gasteiger partial charge in [0.1, 0.15) is 12.2 Å². The van der Waals surface area contributed by atoms with E-state index in [-0.39, 0.29) is 18.6 Å². The van der Waals surface area contributed by atoms with Crippen molar-refractivity contribution in [1.82, 2.24) is 0 Å². The van der Waals surface area contributed by atoms with Gasteiger partial charge < -0.3 is 14.9 Å². The molecule has 0 spiro atoms. The highest BCUT2D eigenvalue weighted by Gasteiger charge is 2.42. The summed E-state index contributed by atoms with van der Waals surface area (Å²) in [6.07, 6.45) is 19.9. The Bertz CT molecular complexity index is 425. The molecule has 0 aromatic carbocycles. The minimum atomic E-state index is -0.735. The number of carboxylic acids is 1. The molecule has 136 valence electrons. The van der Waals surface area contributed by atoms with Gasteiger partial charge in [-0.1, -0.05) is 62.6 Å². The number of hydrogen-bond acceptors (Lipinski definition) is 3. The molecule has 1 aliphatic rings. The molecule has 0 bridgehead atoms. The van der Waals surface area contributed by atoms with E-state index >= 15 is 0 Å². The first-order chi connectivity index (χ1) is 11.6. The summed E-state index contributed by atoms with van der Waals surface area (Å²) in [5.41, 5.74) is 0. The van der Waals surface area contributed by atoms with Gasteiger partial charge in [-0.25, -0.2) is 0 Å². The van der Waals surface area contributed by atoms with Crippen molar-refractivity contribution in [2.45, 2.75) is 83.0 Å². The van der Waals surface area contributed by atoms with Gasteiger partial charge in [0.25, 0.3) is 0 Å². The quantitative estimate of drug-likeness (QED) is 0.280. The maximum atomic E-state index is 10.3. The van der Waals surface area contributed by atoms with E-state index in [4.69, 9.17) is 9.84 Å². The van der Waals surface area contributed by atoms with Gasteiger partial charge in [0.05, 0.1) is 6.10 Å². The van der Waals surface area contributed by atoms with Crippen LogP contribution in [-0.2, 0) is 9.53 Å². The first kappa shape index (κ1) is 20.7. The van der Waals surface area contributed by atoms with Gasteiger partial charge in [-0.05, 0) is 32.1 Å². The van der Waals surface area contributed by atoms with Gasteiger partial charge in [0.15, 0.2) is 0 Å². The highest BCUT2D eigenvalue weighted by atomic mass is 16.6. The number of unbranched alkanes of at least 4 members (excludes halogenated alkanes) is 3. The van der Waals surface area contributed by atoms with Crippen LogP contribution in [0.2, 0.25) is 0 Å². The zero-order valence-corrected chi connectivity index (χ0v) is 14.8. The second-order valence-electron chi connectivity index (χ2n) is 6.25. The van der Waals surface area contributed by atoms with Crippen LogP contribution in [-0.4, -0.2) is 34.5 Å². The number of aliphatic hydroxyl groups excluding tert-OH is 1. The van der Waals surface area contributed by atoms with Crippen LogP contribution in [0.15, 0.2) is 36.5 Å². The molecular formula is C20H32O4. The van der Waals surface area contributed by atoms with Crippen LogP contribution in [0.1, 0.15) is 64.7 Å². The third kappa shape index (κ3) is 10.4. The van der Waals surface area contributed by atoms with Crippen molar-refractivity contribution in [3.05, 3.63) is 36.5 Å². The molecule has 0 aromatic rings. The Balaban J connectivity index is 2.00. The summed E-state index contributed by atoms with van der Waals surface area (Å²) in [6.45, 7) is 2.19. The second kappa shape index (κ2) is 13.0. The SMILES string of the molecule is CCCCC[C@@H]1OC1[C@H](O)/C=C\C/C=C\C/C=C\CCCC(=O)O. The predicted molar refractivity (Wildman–Crippen MR) is 97.0 cm³/mol. The number of rotatable bonds is 14. The number of ether oxygens (including phenoxy) is 1. The molecule has 0 saturated carbocycles. The number of hydrogen-bond donors (Lipinski definition) is 2. The van der Waals surface area contributed by atoms with E-state index in [0.717, 1.165) is 25.7 Å². The van der Waals surface area contributed by atoms with Crippen molar-refractivity contribution < 1.29 is 19.7 Å². The van der Waals surface area contributed by atoms with Gasteiger partial charge in [-0.15, -0.1) is 0 Å². The summed E-state index contributed by atoms with van der Waals surface area (Å²) >= 11 is 0. The van der Waals surface area contributed by atoms with E-state index in [9.17, 15) is 9.90 Å². The second-order valence-corrected chi connectivity index (χ2v) is 6.25. The maximum absolute atomic E-state index is 10.3. The van der Waals surface area contributed by atoms with Crippen LogP contribution in [0.4, 0.5) is 0 Å². The molecule has 24 heavy (non-hydrogen) atoms. The number of aliphatic hydroxyl groups is 1. The van der Waals surface area contributed by atoms with Crippen LogP contribution in [0, 0.1) is 0 Å². The Kier molecular flexibility index (Phi) is 11.2. The number of carboxylic acid groups (broad SMARTS) is 1. The minimum Gasteiger partial charge on any atom is -0.481 e. The zero-order chi connectivity index (χ0) is 17.6. The molecule has 4 heteroatoms. The van der Waals surface area contributed by atoms with Gasteiger partial charge in [-0.2, -0.15) is 0 Å². The normalized spacial score (nSPS) is 21.9. The Morgan fingerprint density at radius 2 is 1.79 bits per heavy atom. The van der Waals surface area contributed by atoms with Crippen LogP contribution in [0.3, 0.4) is 0 Å². The lowest BCUT2D eigenvalue weighted by atomic mass is 10.1. The van der Waals surface area contributed by atoms with Gasteiger partial charge in [0.2, 0.25) is 0 Å². The minimum absolute atomic E-state index is 0.00387. The Hall–Kier alpha value is -1.39. The zero-order valence-electron chi connectivity index (χ0n) is 14.8. The smallest absolute Gasteiger partial charge is 0.303 e. The van der Waals surface area contributed by atoms with Crippen LogP contribution in [0.5, 0.6) is 0 Å². The molecule has 1 heterocycles. The van der Waals surface area contributed by atoms with Gasteiger partial charge in [-0.3, -0.25) is 4.79 Å². The highest BCUT2D eigenvalue weighted by molar-refractivity contribution is 5.66. The third-order valence-corrected chi connectivity index (χ3v) is 4.02. The molecule has 2 N–H and O–H groups in total. The molecule has 1 saturated heterocycles. The topological polar surface area (TPSA) is 70.1 Å². The van der Waals surface area contributed by atoms with Gasteiger partial charge >= 0.3 is 5.97 Å². The van der Waals surface area contributed by atoms with Crippen molar-refractivity contribution in [2.24, 2.45) is 0 Å². The van der Waals surface area contributed by atoms with Crippen LogP contribution in [0.25, 0.3) is 0 Å². The third-order valence-electron chi connectivity index (χ3n) is 4.02. The molecule has 1 unspecified atom stereocenters. The van der Waals surface area contributed by atoms with E-state index < -0.39 is 12.1 Å². The summed E-state index contributed by atoms with van der Waals surface area (Å²) < 4.78 is 5.52. The average Bonchev–Trinajstić information content (AvgIpc) is 3.32. The molecular weight excluding hydrogens is 304 g/mol. The molecule has 4 nitrogen and oxygen atoms in total. The lowest BCUT2D eigenvalue weighted by Crippen LogP contribution is -2.13. The molecule has 3 atom stereocenters. The monoisotopic (exact) mass is 336 g/mol. The number of epoxide rings is 1. The first-order valence-corrected chi connectivity index (χ1v) is 9.17. The average molecular weight is 336 g/mol. The lowest BCUT2D eigenvalue weighted by molar-refractivity contribution is -0.137. The number of carbonyl (C=O) groups is 1. The fraction of sp³-hybridized carbons (Fsp3) is 0.650. The molecule has 1 aliphatic heterocycles. The maximum Gasteiger partial charge on any atom is 0.303 e. The van der Waals surface area contributed by atoms with Crippen molar-refractivity contribution >= 4 is 5.97 Å². The lowest BCUT2D eigenvalue weighted by Gasteiger charge is -2.00. The van der Waals surface area contributed by atoms with Crippen LogP contribution < -0.4 is 0 Å². The fourth-order valence-electron chi connectivity index (χ4n) is 2.55. The van der Waals surface area contributed by atoms with Crippen molar-refractivity contribution in [2.75, 3.05) is 0 Å². The number of aliphatic carboxylic acids is 1. The number of allylic oxidation sites excluding steroid dienone is 5. The van der Waals surface area contributed by atoms with Crippen LogP contribution >= 0.6 is 0 Å². The standard InChI is InChI=1S/C20H32O4/c1-2-3-11-15-18-20(24-18)17(21)14-12-9-7-5-4-6-8-10-13-16-19(22)23/h5-8,12,14,17-18,20-21H,2-4,9-11,13,15-16H2,1H3,(H,22,23)/b7-5-,8-6-,14-12-/t17-,18+,20?/m1/s1. The summed E-state index contributed by atoms with van der Waals surface area (Å²) in [6, 6.07) is 0. The van der Waals surface area contributed by atoms with E-state index in [1.54, 1.807) is 0 Å². The molecule has 1 fully saturated rings. The van der Waals surface area contributed by atoms with Crippen molar-refractivity contribution in [3.8, 4) is 0 Å².